The van der Waals surface area contributed by atoms with Crippen molar-refractivity contribution in [3.05, 3.63) is 0 Å². The molecule has 0 amide bonds. The molecule has 0 aromatic rings. The minimum atomic E-state index is 0.128. The van der Waals surface area contributed by atoms with Crippen LogP contribution in [-0.2, 0) is 4.74 Å². The number of nitrogens with zero attached hydrogens (tertiary/aromatic N) is 2. The summed E-state index contributed by atoms with van der Waals surface area (Å²) in [4.78, 5) is 5.01. The molecule has 0 spiro atoms. The van der Waals surface area contributed by atoms with Gasteiger partial charge < -0.3 is 14.7 Å². The zero-order valence-electron chi connectivity index (χ0n) is 11.4. The number of rotatable bonds is 8. The molecule has 0 unspecified atom stereocenters. The molecule has 0 aromatic carbocycles. The summed E-state index contributed by atoms with van der Waals surface area (Å²) in [6.45, 7) is 12.8. The second-order valence-electron chi connectivity index (χ2n) is 5.20. The van der Waals surface area contributed by atoms with Crippen molar-refractivity contribution in [2.75, 3.05) is 59.1 Å². The maximum Gasteiger partial charge on any atom is 0.0698 e. The predicted molar refractivity (Wildman–Crippen MR) is 70.2 cm³/mol. The molecule has 0 radical (unpaired) electrons. The van der Waals surface area contributed by atoms with Crippen molar-refractivity contribution in [3.63, 3.8) is 0 Å². The molecule has 0 saturated carbocycles. The SMILES string of the molecule is CC(C)CCN1CCN(CCOCCO)CC1. The summed E-state index contributed by atoms with van der Waals surface area (Å²) >= 11 is 0. The van der Waals surface area contributed by atoms with E-state index in [1.165, 1.54) is 26.1 Å². The van der Waals surface area contributed by atoms with E-state index in [4.69, 9.17) is 9.84 Å². The van der Waals surface area contributed by atoms with Gasteiger partial charge in [-0.15, -0.1) is 0 Å². The molecule has 4 nitrogen and oxygen atoms in total. The topological polar surface area (TPSA) is 35.9 Å². The maximum absolute atomic E-state index is 8.60. The highest BCUT2D eigenvalue weighted by molar-refractivity contribution is 4.71. The molecule has 0 aromatic heterocycles. The van der Waals surface area contributed by atoms with E-state index >= 15 is 0 Å². The maximum atomic E-state index is 8.60. The van der Waals surface area contributed by atoms with E-state index in [9.17, 15) is 0 Å². The first kappa shape index (κ1) is 14.9. The molecule has 0 aliphatic carbocycles. The molecule has 17 heavy (non-hydrogen) atoms. The lowest BCUT2D eigenvalue weighted by Gasteiger charge is -2.34. The van der Waals surface area contributed by atoms with Crippen LogP contribution >= 0.6 is 0 Å². The third-order valence-corrected chi connectivity index (χ3v) is 3.28. The highest BCUT2D eigenvalue weighted by Gasteiger charge is 2.16. The van der Waals surface area contributed by atoms with Crippen molar-refractivity contribution in [1.82, 2.24) is 9.80 Å². The van der Waals surface area contributed by atoms with E-state index < -0.39 is 0 Å². The van der Waals surface area contributed by atoms with E-state index in [1.807, 2.05) is 0 Å². The van der Waals surface area contributed by atoms with Crippen molar-refractivity contribution in [2.24, 2.45) is 5.92 Å². The average molecular weight is 244 g/mol. The lowest BCUT2D eigenvalue weighted by atomic mass is 10.1. The van der Waals surface area contributed by atoms with Crippen molar-refractivity contribution in [3.8, 4) is 0 Å². The van der Waals surface area contributed by atoms with Gasteiger partial charge in [-0.05, 0) is 18.9 Å². The molecule has 1 rings (SSSR count). The van der Waals surface area contributed by atoms with Gasteiger partial charge in [0.1, 0.15) is 0 Å². The van der Waals surface area contributed by atoms with Gasteiger partial charge in [0.25, 0.3) is 0 Å². The smallest absolute Gasteiger partial charge is 0.0698 e. The van der Waals surface area contributed by atoms with Crippen LogP contribution in [0, 0.1) is 5.92 Å². The zero-order chi connectivity index (χ0) is 12.5. The van der Waals surface area contributed by atoms with Gasteiger partial charge in [0.15, 0.2) is 0 Å². The van der Waals surface area contributed by atoms with Crippen LogP contribution in [0.4, 0.5) is 0 Å². The third-order valence-electron chi connectivity index (χ3n) is 3.28. The number of hydrogen-bond acceptors (Lipinski definition) is 4. The summed E-state index contributed by atoms with van der Waals surface area (Å²) in [5.74, 6) is 0.805. The fourth-order valence-electron chi connectivity index (χ4n) is 2.04. The summed E-state index contributed by atoms with van der Waals surface area (Å²) in [6, 6.07) is 0. The first-order valence-electron chi connectivity index (χ1n) is 6.85. The normalized spacial score (nSPS) is 19.1. The largest absolute Gasteiger partial charge is 0.394 e. The molecule has 4 heteroatoms. The molecule has 1 aliphatic heterocycles. The van der Waals surface area contributed by atoms with Crippen molar-refractivity contribution < 1.29 is 9.84 Å². The van der Waals surface area contributed by atoms with Crippen LogP contribution in [0.15, 0.2) is 0 Å². The Morgan fingerprint density at radius 2 is 1.59 bits per heavy atom. The van der Waals surface area contributed by atoms with E-state index in [2.05, 4.69) is 23.6 Å². The molecular weight excluding hydrogens is 216 g/mol. The Kier molecular flexibility index (Phi) is 7.77. The monoisotopic (exact) mass is 244 g/mol. The van der Waals surface area contributed by atoms with Crippen LogP contribution in [0.2, 0.25) is 0 Å². The molecule has 1 aliphatic rings. The van der Waals surface area contributed by atoms with Crippen LogP contribution in [0.1, 0.15) is 20.3 Å². The van der Waals surface area contributed by atoms with Crippen LogP contribution in [-0.4, -0.2) is 74.0 Å². The quantitative estimate of drug-likeness (QED) is 0.636. The van der Waals surface area contributed by atoms with Gasteiger partial charge in [0.2, 0.25) is 0 Å². The Morgan fingerprint density at radius 1 is 1.00 bits per heavy atom. The summed E-state index contributed by atoms with van der Waals surface area (Å²) in [5, 5.41) is 8.60. The molecule has 1 N–H and O–H groups in total. The Labute approximate surface area is 106 Å². The van der Waals surface area contributed by atoms with Crippen LogP contribution in [0.25, 0.3) is 0 Å². The van der Waals surface area contributed by atoms with Gasteiger partial charge in [-0.1, -0.05) is 13.8 Å². The molecule has 0 bridgehead atoms. The van der Waals surface area contributed by atoms with Crippen molar-refractivity contribution in [2.45, 2.75) is 20.3 Å². The number of aliphatic hydroxyl groups excluding tert-OH is 1. The van der Waals surface area contributed by atoms with Gasteiger partial charge in [-0.25, -0.2) is 0 Å². The van der Waals surface area contributed by atoms with Gasteiger partial charge >= 0.3 is 0 Å². The lowest BCUT2D eigenvalue weighted by molar-refractivity contribution is 0.0569. The Balaban J connectivity index is 2.01. The molecule has 102 valence electrons. The first-order chi connectivity index (χ1) is 8.22. The fraction of sp³-hybridized carbons (Fsp3) is 1.00. The second kappa shape index (κ2) is 8.86. The number of piperazine rings is 1. The Morgan fingerprint density at radius 3 is 2.12 bits per heavy atom. The minimum absolute atomic E-state index is 0.128. The van der Waals surface area contributed by atoms with E-state index in [0.717, 1.165) is 32.2 Å². The van der Waals surface area contributed by atoms with Crippen LogP contribution in [0.3, 0.4) is 0 Å². The first-order valence-corrected chi connectivity index (χ1v) is 6.85. The summed E-state index contributed by atoms with van der Waals surface area (Å²) in [7, 11) is 0. The summed E-state index contributed by atoms with van der Waals surface area (Å²) in [5.41, 5.74) is 0. The number of aliphatic hydroxyl groups is 1. The number of ether oxygens (including phenoxy) is 1. The predicted octanol–water partition coefficient (Wildman–Crippen LogP) is 0.659. The van der Waals surface area contributed by atoms with Crippen LogP contribution in [0.5, 0.6) is 0 Å². The van der Waals surface area contributed by atoms with Gasteiger partial charge in [-0.3, -0.25) is 4.90 Å². The van der Waals surface area contributed by atoms with E-state index in [-0.39, 0.29) is 6.61 Å². The van der Waals surface area contributed by atoms with Crippen LogP contribution < -0.4 is 0 Å². The van der Waals surface area contributed by atoms with Crippen molar-refractivity contribution in [1.29, 1.82) is 0 Å². The molecule has 0 atom stereocenters. The second-order valence-corrected chi connectivity index (χ2v) is 5.20. The molecule has 1 fully saturated rings. The Bertz CT molecular complexity index is 180. The lowest BCUT2D eigenvalue weighted by Crippen LogP contribution is -2.47. The van der Waals surface area contributed by atoms with Gasteiger partial charge in [0, 0.05) is 32.7 Å². The minimum Gasteiger partial charge on any atom is -0.394 e. The van der Waals surface area contributed by atoms with E-state index in [0.29, 0.717) is 6.61 Å². The summed E-state index contributed by atoms with van der Waals surface area (Å²) < 4.78 is 5.29. The number of hydrogen-bond donors (Lipinski definition) is 1. The highest BCUT2D eigenvalue weighted by atomic mass is 16.5. The van der Waals surface area contributed by atoms with E-state index in [1.54, 1.807) is 0 Å². The van der Waals surface area contributed by atoms with Crippen molar-refractivity contribution >= 4 is 0 Å². The molecule has 1 saturated heterocycles. The average Bonchev–Trinajstić information content (AvgIpc) is 2.33. The summed E-state index contributed by atoms with van der Waals surface area (Å²) in [6.07, 6.45) is 1.31. The molecule has 1 heterocycles. The standard InChI is InChI=1S/C13H28N2O2/c1-13(2)3-4-14-5-7-15(8-6-14)9-11-17-12-10-16/h13,16H,3-12H2,1-2H3. The zero-order valence-corrected chi connectivity index (χ0v) is 11.4. The fourth-order valence-corrected chi connectivity index (χ4v) is 2.04. The highest BCUT2D eigenvalue weighted by Crippen LogP contribution is 2.06. The van der Waals surface area contributed by atoms with Gasteiger partial charge in [-0.2, -0.15) is 0 Å². The molecular formula is C13H28N2O2. The third kappa shape index (κ3) is 6.99. The Hall–Kier alpha value is -0.160. The van der Waals surface area contributed by atoms with Gasteiger partial charge in [0.05, 0.1) is 19.8 Å².